The highest BCUT2D eigenvalue weighted by Gasteiger charge is 2.27. The number of nitrogens with one attached hydrogen (secondary N) is 2. The maximum Gasteiger partial charge on any atom is 0.251 e. The largest absolute Gasteiger partial charge is 0.352 e. The highest BCUT2D eigenvalue weighted by Crippen LogP contribution is 2.22. The first-order valence-electron chi connectivity index (χ1n) is 9.90. The summed E-state index contributed by atoms with van der Waals surface area (Å²) in [6.45, 7) is 10.4. The first-order chi connectivity index (χ1) is 12.2. The van der Waals surface area contributed by atoms with Crippen LogP contribution in [0.5, 0.6) is 0 Å². The second kappa shape index (κ2) is 8.70. The zero-order valence-electron chi connectivity index (χ0n) is 16.9. The van der Waals surface area contributed by atoms with E-state index in [0.29, 0.717) is 5.56 Å². The van der Waals surface area contributed by atoms with Crippen molar-refractivity contribution in [2.45, 2.75) is 84.2 Å². The molecule has 1 atom stereocenters. The highest BCUT2D eigenvalue weighted by atomic mass is 16.2. The Morgan fingerprint density at radius 3 is 2.08 bits per heavy atom. The minimum Gasteiger partial charge on any atom is -0.352 e. The van der Waals surface area contributed by atoms with E-state index in [0.717, 1.165) is 12.8 Å². The number of carbonyl (C=O) groups is 2. The Bertz CT molecular complexity index is 608. The lowest BCUT2D eigenvalue weighted by atomic mass is 9.86. The van der Waals surface area contributed by atoms with Crippen molar-refractivity contribution in [2.24, 2.45) is 5.92 Å². The Hall–Kier alpha value is -1.84. The molecule has 1 aromatic rings. The first kappa shape index (κ1) is 20.5. The average Bonchev–Trinajstić information content (AvgIpc) is 2.59. The maximum absolute atomic E-state index is 12.7. The Morgan fingerprint density at radius 2 is 1.58 bits per heavy atom. The van der Waals surface area contributed by atoms with E-state index in [1.807, 2.05) is 38.1 Å². The van der Waals surface area contributed by atoms with Gasteiger partial charge in [-0.1, -0.05) is 66.0 Å². The molecule has 2 amide bonds. The summed E-state index contributed by atoms with van der Waals surface area (Å²) in [4.78, 5) is 25.3. The number of hydrogen-bond acceptors (Lipinski definition) is 2. The molecule has 0 bridgehead atoms. The Balaban J connectivity index is 2.01. The molecule has 1 saturated carbocycles. The molecule has 0 radical (unpaired) electrons. The molecule has 2 rings (SSSR count). The van der Waals surface area contributed by atoms with Gasteiger partial charge in [0, 0.05) is 11.6 Å². The lowest BCUT2D eigenvalue weighted by Crippen LogP contribution is -2.52. The van der Waals surface area contributed by atoms with Gasteiger partial charge in [0.05, 0.1) is 0 Å². The second-order valence-electron chi connectivity index (χ2n) is 8.87. The fourth-order valence-corrected chi connectivity index (χ4v) is 3.42. The first-order valence-corrected chi connectivity index (χ1v) is 9.90. The number of benzene rings is 1. The second-order valence-corrected chi connectivity index (χ2v) is 8.87. The lowest BCUT2D eigenvalue weighted by molar-refractivity contribution is -0.124. The Kier molecular flexibility index (Phi) is 6.85. The van der Waals surface area contributed by atoms with Crippen LogP contribution < -0.4 is 10.6 Å². The zero-order chi connectivity index (χ0) is 19.3. The number of carbonyl (C=O) groups excluding carboxylic acids is 2. The molecule has 4 heteroatoms. The van der Waals surface area contributed by atoms with Crippen LogP contribution in [-0.4, -0.2) is 23.9 Å². The van der Waals surface area contributed by atoms with Crippen molar-refractivity contribution in [1.29, 1.82) is 0 Å². The van der Waals surface area contributed by atoms with Gasteiger partial charge in [-0.2, -0.15) is 0 Å². The van der Waals surface area contributed by atoms with Crippen LogP contribution in [0.25, 0.3) is 0 Å². The third-order valence-electron chi connectivity index (χ3n) is 5.20. The Labute approximate surface area is 158 Å². The van der Waals surface area contributed by atoms with Crippen molar-refractivity contribution >= 4 is 11.8 Å². The van der Waals surface area contributed by atoms with Crippen LogP contribution in [0.1, 0.15) is 82.6 Å². The molecule has 1 aliphatic carbocycles. The van der Waals surface area contributed by atoms with Gasteiger partial charge in [0.15, 0.2) is 0 Å². The summed E-state index contributed by atoms with van der Waals surface area (Å²) in [5, 5.41) is 6.06. The van der Waals surface area contributed by atoms with Gasteiger partial charge in [-0.15, -0.1) is 0 Å². The summed E-state index contributed by atoms with van der Waals surface area (Å²) in [7, 11) is 0. The quantitative estimate of drug-likeness (QED) is 0.829. The van der Waals surface area contributed by atoms with Crippen molar-refractivity contribution in [2.75, 3.05) is 0 Å². The molecule has 2 N–H and O–H groups in total. The molecule has 1 fully saturated rings. The van der Waals surface area contributed by atoms with Gasteiger partial charge < -0.3 is 10.6 Å². The van der Waals surface area contributed by atoms with Gasteiger partial charge in [-0.05, 0) is 41.9 Å². The maximum atomic E-state index is 12.7. The predicted octanol–water partition coefficient (Wildman–Crippen LogP) is 4.19. The van der Waals surface area contributed by atoms with E-state index in [1.54, 1.807) is 0 Å². The topological polar surface area (TPSA) is 58.2 Å². The minimum atomic E-state index is -0.508. The molecule has 26 heavy (non-hydrogen) atoms. The normalized spacial score (nSPS) is 17.0. The van der Waals surface area contributed by atoms with Crippen LogP contribution in [0.4, 0.5) is 0 Å². The SMILES string of the molecule is CC(C)C(NC(=O)c1ccc(C(C)(C)C)cc1)C(=O)NC1CCCCC1. The predicted molar refractivity (Wildman–Crippen MR) is 106 cm³/mol. The monoisotopic (exact) mass is 358 g/mol. The molecule has 1 unspecified atom stereocenters. The summed E-state index contributed by atoms with van der Waals surface area (Å²) in [5.41, 5.74) is 1.83. The van der Waals surface area contributed by atoms with E-state index in [9.17, 15) is 9.59 Å². The van der Waals surface area contributed by atoms with Crippen molar-refractivity contribution < 1.29 is 9.59 Å². The molecule has 1 aliphatic rings. The van der Waals surface area contributed by atoms with Gasteiger partial charge in [0.2, 0.25) is 5.91 Å². The summed E-state index contributed by atoms with van der Waals surface area (Å²) in [6.07, 6.45) is 5.67. The lowest BCUT2D eigenvalue weighted by Gasteiger charge is -2.27. The van der Waals surface area contributed by atoms with Gasteiger partial charge in [-0.3, -0.25) is 9.59 Å². The summed E-state index contributed by atoms with van der Waals surface area (Å²) in [5.74, 6) is -0.217. The fraction of sp³-hybridized carbons (Fsp3) is 0.636. The summed E-state index contributed by atoms with van der Waals surface area (Å²) >= 11 is 0. The van der Waals surface area contributed by atoms with Crippen LogP contribution in [0.2, 0.25) is 0 Å². The van der Waals surface area contributed by atoms with Crippen molar-refractivity contribution in [3.63, 3.8) is 0 Å². The Morgan fingerprint density at radius 1 is 1.00 bits per heavy atom. The number of rotatable bonds is 5. The van der Waals surface area contributed by atoms with Crippen LogP contribution in [-0.2, 0) is 10.2 Å². The molecule has 0 spiro atoms. The molecule has 0 aromatic heterocycles. The highest BCUT2D eigenvalue weighted by molar-refractivity contribution is 5.97. The van der Waals surface area contributed by atoms with Crippen LogP contribution in [0, 0.1) is 5.92 Å². The third kappa shape index (κ3) is 5.58. The van der Waals surface area contributed by atoms with E-state index in [1.165, 1.54) is 24.8 Å². The number of amides is 2. The molecule has 144 valence electrons. The van der Waals surface area contributed by atoms with E-state index in [4.69, 9.17) is 0 Å². The molecule has 1 aromatic carbocycles. The van der Waals surface area contributed by atoms with E-state index in [2.05, 4.69) is 31.4 Å². The summed E-state index contributed by atoms with van der Waals surface area (Å²) < 4.78 is 0. The molecular weight excluding hydrogens is 324 g/mol. The number of hydrogen-bond donors (Lipinski definition) is 2. The zero-order valence-corrected chi connectivity index (χ0v) is 16.9. The van der Waals surface area contributed by atoms with E-state index >= 15 is 0 Å². The smallest absolute Gasteiger partial charge is 0.251 e. The van der Waals surface area contributed by atoms with Crippen LogP contribution >= 0.6 is 0 Å². The van der Waals surface area contributed by atoms with E-state index < -0.39 is 6.04 Å². The third-order valence-corrected chi connectivity index (χ3v) is 5.20. The van der Waals surface area contributed by atoms with Gasteiger partial charge in [0.1, 0.15) is 6.04 Å². The van der Waals surface area contributed by atoms with Gasteiger partial charge in [0.25, 0.3) is 5.91 Å². The molecule has 0 heterocycles. The summed E-state index contributed by atoms with van der Waals surface area (Å²) in [6, 6.07) is 7.40. The van der Waals surface area contributed by atoms with Crippen molar-refractivity contribution in [3.05, 3.63) is 35.4 Å². The van der Waals surface area contributed by atoms with Crippen molar-refractivity contribution in [1.82, 2.24) is 10.6 Å². The standard InChI is InChI=1S/C22H34N2O2/c1-15(2)19(21(26)23-18-9-7-6-8-10-18)24-20(25)16-11-13-17(14-12-16)22(3,4)5/h11-15,18-19H,6-10H2,1-5H3,(H,23,26)(H,24,25). The van der Waals surface area contributed by atoms with Crippen molar-refractivity contribution in [3.8, 4) is 0 Å². The molecular formula is C22H34N2O2. The molecule has 0 saturated heterocycles. The van der Waals surface area contributed by atoms with Crippen LogP contribution in [0.15, 0.2) is 24.3 Å². The van der Waals surface area contributed by atoms with Gasteiger partial charge in [-0.25, -0.2) is 0 Å². The fourth-order valence-electron chi connectivity index (χ4n) is 3.42. The molecule has 4 nitrogen and oxygen atoms in total. The van der Waals surface area contributed by atoms with Gasteiger partial charge >= 0.3 is 0 Å². The van der Waals surface area contributed by atoms with E-state index in [-0.39, 0.29) is 29.2 Å². The minimum absolute atomic E-state index is 0.0383. The average molecular weight is 359 g/mol. The molecule has 0 aliphatic heterocycles. The van der Waals surface area contributed by atoms with Crippen LogP contribution in [0.3, 0.4) is 0 Å².